The first-order valence-corrected chi connectivity index (χ1v) is 11.3. The second-order valence-corrected chi connectivity index (χ2v) is 7.91. The van der Waals surface area contributed by atoms with Crippen molar-refractivity contribution in [2.24, 2.45) is 28.7 Å². The van der Waals surface area contributed by atoms with Crippen LogP contribution in [0.5, 0.6) is 5.75 Å². The highest BCUT2D eigenvalue weighted by Crippen LogP contribution is 2.10. The maximum absolute atomic E-state index is 10.4. The summed E-state index contributed by atoms with van der Waals surface area (Å²) in [6, 6.07) is 2.58. The molecule has 1 aromatic carbocycles. The molecule has 0 saturated heterocycles. The van der Waals surface area contributed by atoms with E-state index < -0.39 is 60.4 Å². The van der Waals surface area contributed by atoms with Crippen LogP contribution in [-0.4, -0.2) is 97.2 Å². The van der Waals surface area contributed by atoms with Crippen LogP contribution >= 0.6 is 0 Å². The molecular formula is C22H39N7O11. The molecule has 18 N–H and O–H groups in total. The fourth-order valence-corrected chi connectivity index (χ4v) is 1.92. The average Bonchev–Trinajstić information content (AvgIpc) is 2.83. The Morgan fingerprint density at radius 1 is 0.800 bits per heavy atom. The Bertz CT molecular complexity index is 944. The molecule has 0 spiro atoms. The summed E-state index contributed by atoms with van der Waals surface area (Å²) in [6.45, 7) is 1.90. The van der Waals surface area contributed by atoms with Crippen LogP contribution in [0.4, 0.5) is 0 Å². The number of hydrogen-bond acceptors (Lipinski definition) is 11. The van der Waals surface area contributed by atoms with Gasteiger partial charge in [0.25, 0.3) is 0 Å². The number of hydrogen-bond donors (Lipinski definition) is 13. The molecule has 1 aromatic rings. The SMILES string of the molecule is C[C@H](N)C(=O)O.N=C(N)NCCC[C@H](N)C(=O)O.N[C@@H](CC(=O)O)C(=O)O.N[C@@H](Cc1ccc(O)cc1)C(=O)O. The number of benzene rings is 1. The van der Waals surface area contributed by atoms with Gasteiger partial charge < -0.3 is 64.6 Å². The van der Waals surface area contributed by atoms with Gasteiger partial charge in [0.15, 0.2) is 5.96 Å². The van der Waals surface area contributed by atoms with Gasteiger partial charge in [0.05, 0.1) is 6.42 Å². The number of phenolic OH excluding ortho intramolecular Hbond substituents is 1. The third kappa shape index (κ3) is 26.5. The summed E-state index contributed by atoms with van der Waals surface area (Å²) < 4.78 is 0. The Morgan fingerprint density at radius 3 is 1.52 bits per heavy atom. The van der Waals surface area contributed by atoms with E-state index in [-0.39, 0.29) is 18.1 Å². The second-order valence-electron chi connectivity index (χ2n) is 7.91. The molecule has 18 nitrogen and oxygen atoms in total. The molecule has 4 atom stereocenters. The smallest absolute Gasteiger partial charge is 0.321 e. The van der Waals surface area contributed by atoms with E-state index in [4.69, 9.17) is 64.7 Å². The lowest BCUT2D eigenvalue weighted by molar-refractivity contribution is -0.144. The van der Waals surface area contributed by atoms with E-state index in [9.17, 15) is 24.0 Å². The number of carbonyl (C=O) groups is 5. The number of nitrogens with two attached hydrogens (primary N) is 5. The number of aromatic hydroxyl groups is 1. The molecule has 228 valence electrons. The second kappa shape index (κ2) is 22.5. The maximum atomic E-state index is 10.4. The monoisotopic (exact) mass is 577 g/mol. The summed E-state index contributed by atoms with van der Waals surface area (Å²) in [6.07, 6.45) is 0.716. The van der Waals surface area contributed by atoms with Crippen molar-refractivity contribution in [1.82, 2.24) is 5.32 Å². The molecule has 0 saturated carbocycles. The van der Waals surface area contributed by atoms with Crippen LogP contribution in [0.1, 0.15) is 31.7 Å². The van der Waals surface area contributed by atoms with E-state index in [1.54, 1.807) is 12.1 Å². The Hall–Kier alpha value is -4.52. The molecule has 0 fully saturated rings. The molecule has 0 aliphatic carbocycles. The van der Waals surface area contributed by atoms with E-state index in [1.807, 2.05) is 0 Å². The lowest BCUT2D eigenvalue weighted by Gasteiger charge is -2.06. The van der Waals surface area contributed by atoms with Gasteiger partial charge in [-0.1, -0.05) is 12.1 Å². The number of rotatable bonds is 12. The van der Waals surface area contributed by atoms with Crippen molar-refractivity contribution in [2.75, 3.05) is 6.54 Å². The van der Waals surface area contributed by atoms with E-state index in [0.717, 1.165) is 5.56 Å². The van der Waals surface area contributed by atoms with Gasteiger partial charge in [0, 0.05) is 6.54 Å². The van der Waals surface area contributed by atoms with Gasteiger partial charge in [-0.3, -0.25) is 29.4 Å². The van der Waals surface area contributed by atoms with Crippen LogP contribution in [-0.2, 0) is 30.4 Å². The Balaban J connectivity index is -0.000000473. The third-order valence-corrected chi connectivity index (χ3v) is 4.13. The van der Waals surface area contributed by atoms with Gasteiger partial charge in [0.2, 0.25) is 0 Å². The molecule has 0 radical (unpaired) electrons. The van der Waals surface area contributed by atoms with Gasteiger partial charge in [-0.05, 0) is 43.9 Å². The Morgan fingerprint density at radius 2 is 1.23 bits per heavy atom. The van der Waals surface area contributed by atoms with Crippen molar-refractivity contribution in [3.63, 3.8) is 0 Å². The molecule has 0 aromatic heterocycles. The van der Waals surface area contributed by atoms with E-state index in [1.165, 1.54) is 19.1 Å². The molecule has 0 amide bonds. The van der Waals surface area contributed by atoms with E-state index in [0.29, 0.717) is 19.4 Å². The zero-order valence-corrected chi connectivity index (χ0v) is 21.8. The summed E-state index contributed by atoms with van der Waals surface area (Å²) in [7, 11) is 0. The normalized spacial score (nSPS) is 12.5. The average molecular weight is 578 g/mol. The van der Waals surface area contributed by atoms with Crippen molar-refractivity contribution in [3.8, 4) is 5.75 Å². The van der Waals surface area contributed by atoms with Gasteiger partial charge in [-0.2, -0.15) is 0 Å². The zero-order valence-electron chi connectivity index (χ0n) is 21.8. The number of nitrogens with one attached hydrogen (secondary N) is 2. The highest BCUT2D eigenvalue weighted by Gasteiger charge is 2.14. The van der Waals surface area contributed by atoms with E-state index >= 15 is 0 Å². The number of carboxylic acids is 5. The summed E-state index contributed by atoms with van der Waals surface area (Å²) in [5.41, 5.74) is 26.0. The van der Waals surface area contributed by atoms with Crippen molar-refractivity contribution in [3.05, 3.63) is 29.8 Å². The van der Waals surface area contributed by atoms with Gasteiger partial charge in [-0.25, -0.2) is 0 Å². The maximum Gasteiger partial charge on any atom is 0.321 e. The number of aliphatic carboxylic acids is 5. The first-order valence-electron chi connectivity index (χ1n) is 11.3. The predicted molar refractivity (Wildman–Crippen MR) is 141 cm³/mol. The molecule has 0 bridgehead atoms. The molecule has 0 aliphatic heterocycles. The van der Waals surface area contributed by atoms with Gasteiger partial charge in [0.1, 0.15) is 29.9 Å². The predicted octanol–water partition coefficient (Wildman–Crippen LogP) is -2.70. The quantitative estimate of drug-likeness (QED) is 0.0682. The summed E-state index contributed by atoms with van der Waals surface area (Å²) in [5, 5.41) is 59.1. The first-order chi connectivity index (χ1) is 18.3. The van der Waals surface area contributed by atoms with Gasteiger partial charge in [-0.15, -0.1) is 0 Å². The van der Waals surface area contributed by atoms with E-state index in [2.05, 4.69) is 5.32 Å². The first kappa shape index (κ1) is 40.0. The fraction of sp³-hybridized carbons (Fsp3) is 0.455. The Kier molecular flexibility index (Phi) is 22.5. The Labute approximate surface area is 229 Å². The largest absolute Gasteiger partial charge is 0.508 e. The van der Waals surface area contributed by atoms with Crippen molar-refractivity contribution in [2.45, 2.75) is 56.8 Å². The lowest BCUT2D eigenvalue weighted by Crippen LogP contribution is -2.34. The van der Waals surface area contributed by atoms with Gasteiger partial charge >= 0.3 is 29.8 Å². The molecule has 1 rings (SSSR count). The number of carboxylic acid groups (broad SMARTS) is 5. The van der Waals surface area contributed by atoms with Crippen LogP contribution in [0.2, 0.25) is 0 Å². The fourth-order valence-electron chi connectivity index (χ4n) is 1.92. The zero-order chi connectivity index (χ0) is 32.0. The highest BCUT2D eigenvalue weighted by molar-refractivity contribution is 5.80. The lowest BCUT2D eigenvalue weighted by atomic mass is 10.1. The third-order valence-electron chi connectivity index (χ3n) is 4.13. The summed E-state index contributed by atoms with van der Waals surface area (Å²) in [4.78, 5) is 49.8. The van der Waals surface area contributed by atoms with Crippen molar-refractivity contribution in [1.29, 1.82) is 5.41 Å². The topological polar surface area (TPSA) is 373 Å². The molecular weight excluding hydrogens is 538 g/mol. The van der Waals surface area contributed by atoms with Crippen molar-refractivity contribution >= 4 is 35.8 Å². The number of guanidine groups is 1. The van der Waals surface area contributed by atoms with Crippen LogP contribution in [0.3, 0.4) is 0 Å². The molecule has 40 heavy (non-hydrogen) atoms. The van der Waals surface area contributed by atoms with Crippen LogP contribution < -0.4 is 34.0 Å². The standard InChI is InChI=1S/C9H11NO3.C6H14N4O2.C4H7NO4.C3H7NO2/c10-8(9(12)13)5-6-1-3-7(11)4-2-6;7-4(5(11)12)2-1-3-10-6(8)9;5-2(4(8)9)1-3(6)7;1-2(4)3(5)6/h1-4,8,11H,5,10H2,(H,12,13);4H,1-3,7H2,(H,11,12)(H4,8,9,10);2H,1,5H2,(H,6,7)(H,8,9);2H,4H2,1H3,(H,5,6)/t8-;4-;2*2-/m0000/s1. The minimum Gasteiger partial charge on any atom is -0.508 e. The minimum atomic E-state index is -1.29. The summed E-state index contributed by atoms with van der Waals surface area (Å²) >= 11 is 0. The van der Waals surface area contributed by atoms with Crippen LogP contribution in [0, 0.1) is 5.41 Å². The van der Waals surface area contributed by atoms with Crippen molar-refractivity contribution < 1.29 is 54.6 Å². The van der Waals surface area contributed by atoms with Crippen LogP contribution in [0.25, 0.3) is 0 Å². The minimum absolute atomic E-state index is 0.112. The molecule has 0 unspecified atom stereocenters. The number of phenols is 1. The molecule has 0 aliphatic rings. The molecule has 0 heterocycles. The van der Waals surface area contributed by atoms with Crippen LogP contribution in [0.15, 0.2) is 24.3 Å². The highest BCUT2D eigenvalue weighted by atomic mass is 16.4. The molecule has 18 heteroatoms. The summed E-state index contributed by atoms with van der Waals surface area (Å²) in [5.74, 6) is -5.44.